The normalized spacial score (nSPS) is 18.7. The Morgan fingerprint density at radius 3 is 2.70 bits per heavy atom. The zero-order valence-electron chi connectivity index (χ0n) is 13.8. The van der Waals surface area contributed by atoms with E-state index in [4.69, 9.17) is 0 Å². The highest BCUT2D eigenvalue weighted by atomic mass is 19.2. The number of nitrogens with zero attached hydrogens (tertiary/aromatic N) is 2. The van der Waals surface area contributed by atoms with Crippen molar-refractivity contribution in [2.75, 3.05) is 38.0 Å². The molecule has 0 saturated carbocycles. The van der Waals surface area contributed by atoms with Gasteiger partial charge in [-0.1, -0.05) is 0 Å². The Morgan fingerprint density at radius 2 is 2.04 bits per heavy atom. The Hall–Kier alpha value is -1.69. The van der Waals surface area contributed by atoms with Crippen LogP contribution in [-0.4, -0.2) is 54.5 Å². The van der Waals surface area contributed by atoms with Gasteiger partial charge in [0.05, 0.1) is 6.54 Å². The van der Waals surface area contributed by atoms with Gasteiger partial charge in [0.1, 0.15) is 0 Å². The summed E-state index contributed by atoms with van der Waals surface area (Å²) in [7, 11) is 0. The molecule has 1 aliphatic heterocycles. The summed E-state index contributed by atoms with van der Waals surface area (Å²) in [5.41, 5.74) is 0.575. The van der Waals surface area contributed by atoms with Crippen LogP contribution in [0.2, 0.25) is 0 Å². The van der Waals surface area contributed by atoms with E-state index in [1.54, 1.807) is 6.07 Å². The van der Waals surface area contributed by atoms with Gasteiger partial charge in [-0.25, -0.2) is 8.78 Å². The largest absolute Gasteiger partial charge is 0.381 e. The number of likely N-dealkylation sites (N-methyl/N-ethyl adjacent to an activating group) is 1. The molecule has 6 heteroatoms. The molecule has 23 heavy (non-hydrogen) atoms. The lowest BCUT2D eigenvalue weighted by Gasteiger charge is -2.34. The van der Waals surface area contributed by atoms with Gasteiger partial charge in [0.25, 0.3) is 0 Å². The van der Waals surface area contributed by atoms with Gasteiger partial charge < -0.3 is 10.2 Å². The SMILES string of the molecule is CCN(CC)C(=O)CN1CCCC(Nc2ccc(F)c(F)c2)C1. The Morgan fingerprint density at radius 1 is 1.30 bits per heavy atom. The first kappa shape index (κ1) is 17.7. The molecule has 1 N–H and O–H groups in total. The zero-order chi connectivity index (χ0) is 16.8. The Balaban J connectivity index is 1.90. The lowest BCUT2D eigenvalue weighted by atomic mass is 10.1. The van der Waals surface area contributed by atoms with Crippen molar-refractivity contribution in [2.24, 2.45) is 0 Å². The molecule has 1 amide bonds. The summed E-state index contributed by atoms with van der Waals surface area (Å²) in [6.45, 7) is 7.43. The smallest absolute Gasteiger partial charge is 0.236 e. The van der Waals surface area contributed by atoms with E-state index in [1.165, 1.54) is 6.07 Å². The van der Waals surface area contributed by atoms with Gasteiger partial charge in [0, 0.05) is 37.4 Å². The second-order valence-corrected chi connectivity index (χ2v) is 5.91. The summed E-state index contributed by atoms with van der Waals surface area (Å²) in [4.78, 5) is 16.1. The average Bonchev–Trinajstić information content (AvgIpc) is 2.52. The van der Waals surface area contributed by atoms with Gasteiger partial charge in [-0.15, -0.1) is 0 Å². The number of carbonyl (C=O) groups excluding carboxylic acids is 1. The maximum absolute atomic E-state index is 13.3. The lowest BCUT2D eigenvalue weighted by Crippen LogP contribution is -2.47. The van der Waals surface area contributed by atoms with Gasteiger partial charge >= 0.3 is 0 Å². The molecular formula is C17H25F2N3O. The molecule has 1 aliphatic rings. The highest BCUT2D eigenvalue weighted by Crippen LogP contribution is 2.18. The minimum atomic E-state index is -0.848. The minimum Gasteiger partial charge on any atom is -0.381 e. The van der Waals surface area contributed by atoms with Gasteiger partial charge in [0.15, 0.2) is 11.6 Å². The van der Waals surface area contributed by atoms with Crippen LogP contribution in [0.5, 0.6) is 0 Å². The number of anilines is 1. The van der Waals surface area contributed by atoms with Crippen molar-refractivity contribution in [3.05, 3.63) is 29.8 Å². The first-order valence-electron chi connectivity index (χ1n) is 8.25. The third kappa shape index (κ3) is 4.89. The number of hydrogen-bond donors (Lipinski definition) is 1. The number of nitrogens with one attached hydrogen (secondary N) is 1. The van der Waals surface area contributed by atoms with Gasteiger partial charge in [-0.3, -0.25) is 9.69 Å². The van der Waals surface area contributed by atoms with Crippen LogP contribution in [0.1, 0.15) is 26.7 Å². The van der Waals surface area contributed by atoms with E-state index < -0.39 is 11.6 Å². The van der Waals surface area contributed by atoms with Crippen molar-refractivity contribution in [2.45, 2.75) is 32.7 Å². The molecular weight excluding hydrogens is 300 g/mol. The van der Waals surface area contributed by atoms with Crippen LogP contribution in [0.3, 0.4) is 0 Å². The first-order valence-corrected chi connectivity index (χ1v) is 8.25. The van der Waals surface area contributed by atoms with Gasteiger partial charge in [0.2, 0.25) is 5.91 Å². The van der Waals surface area contributed by atoms with Gasteiger partial charge in [-0.05, 0) is 45.4 Å². The summed E-state index contributed by atoms with van der Waals surface area (Å²) in [6, 6.07) is 3.98. The number of amides is 1. The van der Waals surface area contributed by atoms with Gasteiger partial charge in [-0.2, -0.15) is 0 Å². The molecule has 0 spiro atoms. The molecule has 1 saturated heterocycles. The fourth-order valence-electron chi connectivity index (χ4n) is 3.01. The van der Waals surface area contributed by atoms with Crippen molar-refractivity contribution < 1.29 is 13.6 Å². The predicted molar refractivity (Wildman–Crippen MR) is 87.4 cm³/mol. The van der Waals surface area contributed by atoms with E-state index in [-0.39, 0.29) is 11.9 Å². The van der Waals surface area contributed by atoms with E-state index in [2.05, 4.69) is 10.2 Å². The standard InChI is InChI=1S/C17H25F2N3O/c1-3-22(4-2)17(23)12-21-9-5-6-14(11-21)20-13-7-8-15(18)16(19)10-13/h7-8,10,14,20H,3-6,9,11-12H2,1-2H3. The topological polar surface area (TPSA) is 35.6 Å². The average molecular weight is 325 g/mol. The van der Waals surface area contributed by atoms with Crippen molar-refractivity contribution in [1.29, 1.82) is 0 Å². The molecule has 1 aromatic rings. The van der Waals surface area contributed by atoms with E-state index in [9.17, 15) is 13.6 Å². The number of hydrogen-bond acceptors (Lipinski definition) is 3. The Bertz CT molecular complexity index is 535. The zero-order valence-corrected chi connectivity index (χ0v) is 13.8. The van der Waals surface area contributed by atoms with Crippen LogP contribution in [0.15, 0.2) is 18.2 Å². The lowest BCUT2D eigenvalue weighted by molar-refractivity contribution is -0.132. The maximum atomic E-state index is 13.3. The summed E-state index contributed by atoms with van der Waals surface area (Å²) in [5, 5.41) is 3.24. The van der Waals surface area contributed by atoms with Crippen LogP contribution in [0.25, 0.3) is 0 Å². The molecule has 1 fully saturated rings. The van der Waals surface area contributed by atoms with E-state index in [0.717, 1.165) is 45.1 Å². The molecule has 0 radical (unpaired) electrons. The van der Waals surface area contributed by atoms with Crippen molar-refractivity contribution in [1.82, 2.24) is 9.80 Å². The molecule has 0 aliphatic carbocycles. The monoisotopic (exact) mass is 325 g/mol. The molecule has 1 unspecified atom stereocenters. The molecule has 0 bridgehead atoms. The van der Waals surface area contributed by atoms with Crippen molar-refractivity contribution in [3.63, 3.8) is 0 Å². The van der Waals surface area contributed by atoms with Crippen LogP contribution in [0.4, 0.5) is 14.5 Å². The van der Waals surface area contributed by atoms with E-state index in [1.807, 2.05) is 18.7 Å². The third-order valence-corrected chi connectivity index (χ3v) is 4.27. The number of halogens is 2. The molecule has 0 aromatic heterocycles. The first-order chi connectivity index (χ1) is 11.0. The van der Waals surface area contributed by atoms with Crippen LogP contribution in [0, 0.1) is 11.6 Å². The number of carbonyl (C=O) groups is 1. The summed E-state index contributed by atoms with van der Waals surface area (Å²) < 4.78 is 26.2. The quantitative estimate of drug-likeness (QED) is 0.873. The van der Waals surface area contributed by atoms with Crippen LogP contribution >= 0.6 is 0 Å². The second-order valence-electron chi connectivity index (χ2n) is 5.91. The van der Waals surface area contributed by atoms with Crippen molar-refractivity contribution >= 4 is 11.6 Å². The summed E-state index contributed by atoms with van der Waals surface area (Å²) >= 11 is 0. The van der Waals surface area contributed by atoms with E-state index >= 15 is 0 Å². The molecule has 4 nitrogen and oxygen atoms in total. The number of benzene rings is 1. The fourth-order valence-corrected chi connectivity index (χ4v) is 3.01. The third-order valence-electron chi connectivity index (χ3n) is 4.27. The number of piperidine rings is 1. The van der Waals surface area contributed by atoms with Crippen molar-refractivity contribution in [3.8, 4) is 0 Å². The van der Waals surface area contributed by atoms with Crippen LogP contribution < -0.4 is 5.32 Å². The number of likely N-dealkylation sites (tertiary alicyclic amines) is 1. The molecule has 2 rings (SSSR count). The molecule has 1 heterocycles. The Kier molecular flexibility index (Phi) is 6.33. The van der Waals surface area contributed by atoms with Crippen LogP contribution in [-0.2, 0) is 4.79 Å². The summed E-state index contributed by atoms with van der Waals surface area (Å²) in [6.07, 6.45) is 1.93. The summed E-state index contributed by atoms with van der Waals surface area (Å²) in [5.74, 6) is -1.55. The van der Waals surface area contributed by atoms with E-state index in [0.29, 0.717) is 12.2 Å². The molecule has 1 atom stereocenters. The second kappa shape index (κ2) is 8.24. The predicted octanol–water partition coefficient (Wildman–Crippen LogP) is 2.71. The number of rotatable bonds is 6. The molecule has 128 valence electrons. The highest BCUT2D eigenvalue weighted by Gasteiger charge is 2.23. The minimum absolute atomic E-state index is 0.137. The fraction of sp³-hybridized carbons (Fsp3) is 0.588. The highest BCUT2D eigenvalue weighted by molar-refractivity contribution is 5.78. The Labute approximate surface area is 136 Å². The maximum Gasteiger partial charge on any atom is 0.236 e. The molecule has 1 aromatic carbocycles.